The number of amides is 1. The molecule has 0 saturated heterocycles. The molecule has 0 aliphatic heterocycles. The van der Waals surface area contributed by atoms with Gasteiger partial charge in [0.15, 0.2) is 0 Å². The summed E-state index contributed by atoms with van der Waals surface area (Å²) < 4.78 is 5.78. The highest BCUT2D eigenvalue weighted by Crippen LogP contribution is 2.23. The van der Waals surface area contributed by atoms with E-state index in [4.69, 9.17) is 16.3 Å². The normalized spacial score (nSPS) is 10.7. The third kappa shape index (κ3) is 5.21. The summed E-state index contributed by atoms with van der Waals surface area (Å²) >= 11 is 5.91. The minimum Gasteiger partial charge on any atom is -0.457 e. The average Bonchev–Trinajstić information content (AvgIpc) is 2.67. The highest BCUT2D eigenvalue weighted by molar-refractivity contribution is 6.31. The number of hydrogen-bond acceptors (Lipinski definition) is 3. The summed E-state index contributed by atoms with van der Waals surface area (Å²) in [4.78, 5) is 12.4. The van der Waals surface area contributed by atoms with Crippen LogP contribution >= 0.6 is 11.6 Å². The van der Waals surface area contributed by atoms with Gasteiger partial charge in [-0.2, -0.15) is 5.26 Å². The highest BCUT2D eigenvalue weighted by Gasteiger charge is 2.10. The maximum Gasteiger partial charge on any atom is 0.266 e. The second kappa shape index (κ2) is 8.70. The molecule has 0 aromatic heterocycles. The Morgan fingerprint density at radius 3 is 2.44 bits per heavy atom. The van der Waals surface area contributed by atoms with Gasteiger partial charge in [-0.05, 0) is 54.1 Å². The average molecular weight is 375 g/mol. The van der Waals surface area contributed by atoms with Crippen LogP contribution in [0.15, 0.2) is 84.4 Å². The third-order valence-electron chi connectivity index (χ3n) is 3.60. The molecular formula is C22H15ClN2O2. The number of nitrogens with zero attached hydrogens (tertiary/aromatic N) is 1. The van der Waals surface area contributed by atoms with Crippen molar-refractivity contribution >= 4 is 29.3 Å². The van der Waals surface area contributed by atoms with Gasteiger partial charge in [0, 0.05) is 10.7 Å². The number of hydrogen-bond donors (Lipinski definition) is 1. The van der Waals surface area contributed by atoms with E-state index < -0.39 is 5.91 Å². The molecule has 0 aliphatic carbocycles. The van der Waals surface area contributed by atoms with Crippen LogP contribution in [0.25, 0.3) is 6.08 Å². The van der Waals surface area contributed by atoms with E-state index in [-0.39, 0.29) is 5.57 Å². The monoisotopic (exact) mass is 374 g/mol. The Labute approximate surface area is 162 Å². The number of ether oxygens (including phenoxy) is 1. The van der Waals surface area contributed by atoms with Crippen molar-refractivity contribution in [2.24, 2.45) is 0 Å². The lowest BCUT2D eigenvalue weighted by atomic mass is 10.1. The molecule has 0 atom stereocenters. The molecule has 0 bridgehead atoms. The summed E-state index contributed by atoms with van der Waals surface area (Å²) in [5.74, 6) is 0.814. The first kappa shape index (κ1) is 18.2. The highest BCUT2D eigenvalue weighted by atomic mass is 35.5. The SMILES string of the molecule is N#C/C(=C\c1cccc(Oc2ccccc2)c1)C(=O)Nc1cccc(Cl)c1. The van der Waals surface area contributed by atoms with Crippen molar-refractivity contribution in [3.63, 3.8) is 0 Å². The lowest BCUT2D eigenvalue weighted by Gasteiger charge is -2.07. The van der Waals surface area contributed by atoms with E-state index in [0.29, 0.717) is 27.8 Å². The number of carbonyl (C=O) groups is 1. The van der Waals surface area contributed by atoms with Gasteiger partial charge in [-0.3, -0.25) is 4.79 Å². The Balaban J connectivity index is 1.78. The fourth-order valence-electron chi connectivity index (χ4n) is 2.37. The standard InChI is InChI=1S/C22H15ClN2O2/c23-18-7-5-8-19(14-18)25-22(26)17(15-24)12-16-6-4-11-21(13-16)27-20-9-2-1-3-10-20/h1-14H,(H,25,26)/b17-12+. The van der Waals surface area contributed by atoms with Crippen molar-refractivity contribution in [2.45, 2.75) is 0 Å². The van der Waals surface area contributed by atoms with Gasteiger partial charge in [-0.25, -0.2) is 0 Å². The summed E-state index contributed by atoms with van der Waals surface area (Å²) in [7, 11) is 0. The molecule has 0 fully saturated rings. The quantitative estimate of drug-likeness (QED) is 0.461. The van der Waals surface area contributed by atoms with Crippen LogP contribution in [0.1, 0.15) is 5.56 Å². The van der Waals surface area contributed by atoms with Crippen LogP contribution < -0.4 is 10.1 Å². The van der Waals surface area contributed by atoms with Gasteiger partial charge in [-0.15, -0.1) is 0 Å². The van der Waals surface area contributed by atoms with Gasteiger partial charge >= 0.3 is 0 Å². The molecule has 27 heavy (non-hydrogen) atoms. The molecule has 0 aliphatic rings. The Hall–Kier alpha value is -3.55. The number of nitrogens with one attached hydrogen (secondary N) is 1. The van der Waals surface area contributed by atoms with Crippen molar-refractivity contribution in [2.75, 3.05) is 5.32 Å². The Morgan fingerprint density at radius 1 is 0.963 bits per heavy atom. The van der Waals surface area contributed by atoms with Gasteiger partial charge in [-0.1, -0.05) is 48.0 Å². The minimum atomic E-state index is -0.505. The van der Waals surface area contributed by atoms with E-state index >= 15 is 0 Å². The molecule has 0 radical (unpaired) electrons. The zero-order chi connectivity index (χ0) is 19.1. The van der Waals surface area contributed by atoms with Gasteiger partial charge in [0.2, 0.25) is 0 Å². The number of halogens is 1. The zero-order valence-corrected chi connectivity index (χ0v) is 15.0. The van der Waals surface area contributed by atoms with E-state index in [1.165, 1.54) is 6.08 Å². The van der Waals surface area contributed by atoms with Crippen molar-refractivity contribution < 1.29 is 9.53 Å². The van der Waals surface area contributed by atoms with Crippen molar-refractivity contribution in [3.8, 4) is 17.6 Å². The first-order chi connectivity index (χ1) is 13.1. The molecule has 0 saturated carbocycles. The first-order valence-corrected chi connectivity index (χ1v) is 8.53. The predicted molar refractivity (Wildman–Crippen MR) is 107 cm³/mol. The summed E-state index contributed by atoms with van der Waals surface area (Å²) in [5.41, 5.74) is 1.18. The van der Waals surface area contributed by atoms with E-state index in [1.54, 1.807) is 42.5 Å². The fraction of sp³-hybridized carbons (Fsp3) is 0. The number of para-hydroxylation sites is 1. The molecule has 0 spiro atoms. The fourth-order valence-corrected chi connectivity index (χ4v) is 2.56. The number of benzene rings is 3. The molecule has 1 amide bonds. The van der Waals surface area contributed by atoms with Gasteiger partial charge in [0.05, 0.1) is 0 Å². The topological polar surface area (TPSA) is 62.1 Å². The maximum absolute atomic E-state index is 12.4. The number of carbonyl (C=O) groups excluding carboxylic acids is 1. The Bertz CT molecular complexity index is 1020. The van der Waals surface area contributed by atoms with Crippen LogP contribution in [0.3, 0.4) is 0 Å². The van der Waals surface area contributed by atoms with Gasteiger partial charge < -0.3 is 10.1 Å². The number of nitriles is 1. The van der Waals surface area contributed by atoms with Gasteiger partial charge in [0.1, 0.15) is 23.1 Å². The number of rotatable bonds is 5. The third-order valence-corrected chi connectivity index (χ3v) is 3.83. The molecule has 4 nitrogen and oxygen atoms in total. The lowest BCUT2D eigenvalue weighted by molar-refractivity contribution is -0.112. The van der Waals surface area contributed by atoms with E-state index in [1.807, 2.05) is 42.5 Å². The summed E-state index contributed by atoms with van der Waals surface area (Å²) in [6.45, 7) is 0. The van der Waals surface area contributed by atoms with Crippen molar-refractivity contribution in [1.29, 1.82) is 5.26 Å². The molecule has 3 aromatic carbocycles. The van der Waals surface area contributed by atoms with Crippen molar-refractivity contribution in [3.05, 3.63) is 95.0 Å². The molecular weight excluding hydrogens is 360 g/mol. The largest absolute Gasteiger partial charge is 0.457 e. The Kier molecular flexibility index (Phi) is 5.88. The lowest BCUT2D eigenvalue weighted by Crippen LogP contribution is -2.13. The second-order valence-electron chi connectivity index (χ2n) is 5.62. The molecule has 0 unspecified atom stereocenters. The number of anilines is 1. The smallest absolute Gasteiger partial charge is 0.266 e. The summed E-state index contributed by atoms with van der Waals surface area (Å²) in [5, 5.41) is 12.5. The summed E-state index contributed by atoms with van der Waals surface area (Å²) in [6.07, 6.45) is 1.51. The van der Waals surface area contributed by atoms with Crippen LogP contribution in [0.5, 0.6) is 11.5 Å². The first-order valence-electron chi connectivity index (χ1n) is 8.16. The van der Waals surface area contributed by atoms with Crippen LogP contribution in [-0.2, 0) is 4.79 Å². The predicted octanol–water partition coefficient (Wildman–Crippen LogP) is 5.68. The molecule has 5 heteroatoms. The summed E-state index contributed by atoms with van der Waals surface area (Å²) in [6, 6.07) is 25.2. The second-order valence-corrected chi connectivity index (χ2v) is 6.06. The van der Waals surface area contributed by atoms with E-state index in [9.17, 15) is 10.1 Å². The minimum absolute atomic E-state index is 0.0214. The van der Waals surface area contributed by atoms with Crippen molar-refractivity contribution in [1.82, 2.24) is 0 Å². The van der Waals surface area contributed by atoms with Crippen LogP contribution in [0.4, 0.5) is 5.69 Å². The van der Waals surface area contributed by atoms with Crippen LogP contribution in [0.2, 0.25) is 5.02 Å². The molecule has 1 N–H and O–H groups in total. The van der Waals surface area contributed by atoms with Crippen LogP contribution in [-0.4, -0.2) is 5.91 Å². The Morgan fingerprint density at radius 2 is 1.70 bits per heavy atom. The zero-order valence-electron chi connectivity index (χ0n) is 14.2. The van der Waals surface area contributed by atoms with E-state index in [0.717, 1.165) is 0 Å². The maximum atomic E-state index is 12.4. The van der Waals surface area contributed by atoms with Gasteiger partial charge in [0.25, 0.3) is 5.91 Å². The van der Waals surface area contributed by atoms with E-state index in [2.05, 4.69) is 5.32 Å². The molecule has 132 valence electrons. The molecule has 3 rings (SSSR count). The molecule has 3 aromatic rings. The van der Waals surface area contributed by atoms with Crippen LogP contribution in [0, 0.1) is 11.3 Å². The molecule has 0 heterocycles.